The molecule has 3 rings (SSSR count). The summed E-state index contributed by atoms with van der Waals surface area (Å²) in [5, 5.41) is 4.32. The zero-order valence-corrected chi connectivity index (χ0v) is 10.7. The Balaban J connectivity index is 2.04. The smallest absolute Gasteiger partial charge is 0.142 e. The summed E-state index contributed by atoms with van der Waals surface area (Å²) in [5.41, 5.74) is 7.42. The summed E-state index contributed by atoms with van der Waals surface area (Å²) in [6.07, 6.45) is 1.58. The van der Waals surface area contributed by atoms with E-state index in [2.05, 4.69) is 28.3 Å². The number of anilines is 3. The first-order valence-corrected chi connectivity index (χ1v) is 6.38. The van der Waals surface area contributed by atoms with Gasteiger partial charge in [0.1, 0.15) is 17.0 Å². The molecule has 0 radical (unpaired) electrons. The van der Waals surface area contributed by atoms with E-state index >= 15 is 0 Å². The Kier molecular flexibility index (Phi) is 2.60. The van der Waals surface area contributed by atoms with Crippen molar-refractivity contribution in [1.29, 1.82) is 0 Å². The van der Waals surface area contributed by atoms with Crippen molar-refractivity contribution >= 4 is 38.7 Å². The number of nitrogens with zero attached hydrogens (tertiary/aromatic N) is 2. The van der Waals surface area contributed by atoms with Crippen LogP contribution in [0.25, 0.3) is 10.2 Å². The molecule has 1 aromatic carbocycles. The van der Waals surface area contributed by atoms with Crippen LogP contribution in [-0.4, -0.2) is 9.97 Å². The molecule has 0 unspecified atom stereocenters. The molecular formula is C13H12N4S. The fourth-order valence-corrected chi connectivity index (χ4v) is 2.68. The molecule has 5 heteroatoms. The Morgan fingerprint density at radius 2 is 2.11 bits per heavy atom. The summed E-state index contributed by atoms with van der Waals surface area (Å²) >= 11 is 1.66. The van der Waals surface area contributed by atoms with E-state index in [4.69, 9.17) is 5.73 Å². The lowest BCUT2D eigenvalue weighted by Crippen LogP contribution is -1.95. The highest BCUT2D eigenvalue weighted by Gasteiger charge is 2.06. The second kappa shape index (κ2) is 4.27. The second-order valence-electron chi connectivity index (χ2n) is 4.05. The van der Waals surface area contributed by atoms with Crippen LogP contribution in [0, 0.1) is 6.92 Å². The maximum absolute atomic E-state index is 5.76. The fraction of sp³-hybridized carbons (Fsp3) is 0.0769. The Labute approximate surface area is 109 Å². The lowest BCUT2D eigenvalue weighted by atomic mass is 10.2. The lowest BCUT2D eigenvalue weighted by molar-refractivity contribution is 1.23. The molecule has 0 aliphatic carbocycles. The van der Waals surface area contributed by atoms with Crippen molar-refractivity contribution in [3.05, 3.63) is 41.5 Å². The van der Waals surface area contributed by atoms with Gasteiger partial charge in [-0.15, -0.1) is 11.3 Å². The average molecular weight is 256 g/mol. The monoisotopic (exact) mass is 256 g/mol. The van der Waals surface area contributed by atoms with Crippen LogP contribution in [0.3, 0.4) is 0 Å². The molecule has 0 bridgehead atoms. The van der Waals surface area contributed by atoms with Gasteiger partial charge in [0.25, 0.3) is 0 Å². The third-order valence-corrected chi connectivity index (χ3v) is 3.56. The number of nitrogen functional groups attached to an aromatic ring is 1. The van der Waals surface area contributed by atoms with Crippen molar-refractivity contribution in [2.24, 2.45) is 0 Å². The highest BCUT2D eigenvalue weighted by Crippen LogP contribution is 2.29. The van der Waals surface area contributed by atoms with Crippen molar-refractivity contribution in [2.75, 3.05) is 11.1 Å². The topological polar surface area (TPSA) is 63.8 Å². The number of nitrogens with two attached hydrogens (primary N) is 1. The lowest BCUT2D eigenvalue weighted by Gasteiger charge is -2.06. The number of rotatable bonds is 2. The van der Waals surface area contributed by atoms with Gasteiger partial charge in [0, 0.05) is 16.3 Å². The third-order valence-electron chi connectivity index (χ3n) is 2.60. The Bertz CT molecular complexity index is 705. The van der Waals surface area contributed by atoms with Crippen LogP contribution in [0.4, 0.5) is 17.2 Å². The van der Waals surface area contributed by atoms with Gasteiger partial charge in [0.2, 0.25) is 0 Å². The third kappa shape index (κ3) is 2.00. The van der Waals surface area contributed by atoms with Crippen LogP contribution in [0.15, 0.2) is 36.7 Å². The summed E-state index contributed by atoms with van der Waals surface area (Å²) < 4.78 is 0. The van der Waals surface area contributed by atoms with Crippen molar-refractivity contribution in [2.45, 2.75) is 6.92 Å². The molecule has 0 saturated carbocycles. The molecule has 4 nitrogen and oxygen atoms in total. The summed E-state index contributed by atoms with van der Waals surface area (Å²) in [6.45, 7) is 2.07. The van der Waals surface area contributed by atoms with Gasteiger partial charge in [0.05, 0.1) is 5.39 Å². The van der Waals surface area contributed by atoms with Gasteiger partial charge < -0.3 is 11.1 Å². The van der Waals surface area contributed by atoms with E-state index in [1.807, 2.05) is 24.3 Å². The number of benzene rings is 1. The number of nitrogens with one attached hydrogen (secondary N) is 1. The highest BCUT2D eigenvalue weighted by atomic mass is 32.1. The largest absolute Gasteiger partial charge is 0.399 e. The first-order valence-electron chi connectivity index (χ1n) is 5.56. The molecular weight excluding hydrogens is 244 g/mol. The zero-order valence-electron chi connectivity index (χ0n) is 9.84. The highest BCUT2D eigenvalue weighted by molar-refractivity contribution is 7.18. The van der Waals surface area contributed by atoms with Crippen LogP contribution in [0.5, 0.6) is 0 Å². The van der Waals surface area contributed by atoms with Crippen LogP contribution >= 0.6 is 11.3 Å². The number of aromatic nitrogens is 2. The molecule has 2 aromatic heterocycles. The van der Waals surface area contributed by atoms with Crippen LogP contribution < -0.4 is 11.1 Å². The minimum Gasteiger partial charge on any atom is -0.399 e. The summed E-state index contributed by atoms with van der Waals surface area (Å²) in [7, 11) is 0. The number of hydrogen-bond acceptors (Lipinski definition) is 5. The SMILES string of the molecule is Cc1cc2c(Nc3cccc(N)c3)ncnc2s1. The molecule has 0 amide bonds. The van der Waals surface area contributed by atoms with Crippen LogP contribution in [-0.2, 0) is 0 Å². The predicted octanol–water partition coefficient (Wildman–Crippen LogP) is 3.33. The minimum atomic E-state index is 0.729. The van der Waals surface area contributed by atoms with E-state index < -0.39 is 0 Å². The Hall–Kier alpha value is -2.14. The van der Waals surface area contributed by atoms with Crippen molar-refractivity contribution < 1.29 is 0 Å². The van der Waals surface area contributed by atoms with Crippen molar-refractivity contribution in [3.63, 3.8) is 0 Å². The molecule has 18 heavy (non-hydrogen) atoms. The maximum atomic E-state index is 5.76. The quantitative estimate of drug-likeness (QED) is 0.690. The molecule has 3 aromatic rings. The second-order valence-corrected chi connectivity index (χ2v) is 5.28. The van der Waals surface area contributed by atoms with Crippen LogP contribution in [0.1, 0.15) is 4.88 Å². The molecule has 2 heterocycles. The number of hydrogen-bond donors (Lipinski definition) is 2. The van der Waals surface area contributed by atoms with Gasteiger partial charge in [-0.25, -0.2) is 9.97 Å². The first kappa shape index (κ1) is 11.0. The summed E-state index contributed by atoms with van der Waals surface area (Å²) in [5.74, 6) is 0.815. The average Bonchev–Trinajstić information content (AvgIpc) is 2.71. The van der Waals surface area contributed by atoms with E-state index in [0.29, 0.717) is 0 Å². The Morgan fingerprint density at radius 3 is 2.94 bits per heavy atom. The first-order chi connectivity index (χ1) is 8.72. The zero-order chi connectivity index (χ0) is 12.5. The van der Waals surface area contributed by atoms with Crippen molar-refractivity contribution in [1.82, 2.24) is 9.97 Å². The molecule has 0 fully saturated rings. The minimum absolute atomic E-state index is 0.729. The van der Waals surface area contributed by atoms with Gasteiger partial charge >= 0.3 is 0 Å². The van der Waals surface area contributed by atoms with E-state index in [1.165, 1.54) is 4.88 Å². The van der Waals surface area contributed by atoms with Gasteiger partial charge in [-0.2, -0.15) is 0 Å². The number of fused-ring (bicyclic) bond motifs is 1. The standard InChI is InChI=1S/C13H12N4S/c1-8-5-11-12(15-7-16-13(11)18-8)17-10-4-2-3-9(14)6-10/h2-7H,14H2,1H3,(H,15,16,17). The van der Waals surface area contributed by atoms with E-state index in [-0.39, 0.29) is 0 Å². The van der Waals surface area contributed by atoms with Gasteiger partial charge in [-0.05, 0) is 31.2 Å². The van der Waals surface area contributed by atoms with Gasteiger partial charge in [-0.3, -0.25) is 0 Å². The number of aryl methyl sites for hydroxylation is 1. The fourth-order valence-electron chi connectivity index (χ4n) is 1.83. The Morgan fingerprint density at radius 1 is 1.22 bits per heavy atom. The van der Waals surface area contributed by atoms with E-state index in [9.17, 15) is 0 Å². The molecule has 0 aliphatic rings. The van der Waals surface area contributed by atoms with Crippen LogP contribution in [0.2, 0.25) is 0 Å². The molecule has 90 valence electrons. The van der Waals surface area contributed by atoms with Crippen molar-refractivity contribution in [3.8, 4) is 0 Å². The van der Waals surface area contributed by atoms with E-state index in [0.717, 1.165) is 27.4 Å². The van der Waals surface area contributed by atoms with E-state index in [1.54, 1.807) is 17.7 Å². The number of thiophene rings is 1. The maximum Gasteiger partial charge on any atom is 0.142 e. The molecule has 0 atom stereocenters. The normalized spacial score (nSPS) is 10.7. The molecule has 0 saturated heterocycles. The molecule has 0 spiro atoms. The predicted molar refractivity (Wildman–Crippen MR) is 76.3 cm³/mol. The molecule has 0 aliphatic heterocycles. The van der Waals surface area contributed by atoms with Gasteiger partial charge in [-0.1, -0.05) is 6.07 Å². The summed E-state index contributed by atoms with van der Waals surface area (Å²) in [6, 6.07) is 9.70. The summed E-state index contributed by atoms with van der Waals surface area (Å²) in [4.78, 5) is 10.8. The molecule has 3 N–H and O–H groups in total. The van der Waals surface area contributed by atoms with Gasteiger partial charge in [0.15, 0.2) is 0 Å².